The first-order valence-corrected chi connectivity index (χ1v) is 7.47. The Morgan fingerprint density at radius 2 is 1.75 bits per heavy atom. The van der Waals surface area contributed by atoms with Gasteiger partial charge in [0.2, 0.25) is 0 Å². The SMILES string of the molecule is CCCCN1C(=O)c2ccc(N3CCCC3)cc2C1=O. The first-order chi connectivity index (χ1) is 9.72. The first-order valence-electron chi connectivity index (χ1n) is 7.47. The summed E-state index contributed by atoms with van der Waals surface area (Å²) >= 11 is 0. The highest BCUT2D eigenvalue weighted by molar-refractivity contribution is 6.21. The highest BCUT2D eigenvalue weighted by atomic mass is 16.2. The molecule has 1 saturated heterocycles. The summed E-state index contributed by atoms with van der Waals surface area (Å²) in [7, 11) is 0. The van der Waals surface area contributed by atoms with Gasteiger partial charge < -0.3 is 4.90 Å². The lowest BCUT2D eigenvalue weighted by Crippen LogP contribution is -2.30. The summed E-state index contributed by atoms with van der Waals surface area (Å²) in [6.07, 6.45) is 4.25. The molecule has 2 aliphatic heterocycles. The second-order valence-corrected chi connectivity index (χ2v) is 5.54. The van der Waals surface area contributed by atoms with Gasteiger partial charge >= 0.3 is 0 Å². The zero-order valence-corrected chi connectivity index (χ0v) is 11.9. The molecule has 0 bridgehead atoms. The van der Waals surface area contributed by atoms with Crippen LogP contribution in [-0.4, -0.2) is 36.3 Å². The molecule has 1 aromatic carbocycles. The molecule has 0 aliphatic carbocycles. The lowest BCUT2D eigenvalue weighted by Gasteiger charge is -2.17. The molecular weight excluding hydrogens is 252 g/mol. The summed E-state index contributed by atoms with van der Waals surface area (Å²) in [6, 6.07) is 5.68. The predicted molar refractivity (Wildman–Crippen MR) is 78.2 cm³/mol. The number of benzene rings is 1. The van der Waals surface area contributed by atoms with Crippen LogP contribution in [0.4, 0.5) is 5.69 Å². The van der Waals surface area contributed by atoms with Gasteiger partial charge in [-0.1, -0.05) is 13.3 Å². The minimum absolute atomic E-state index is 0.125. The molecule has 0 aromatic heterocycles. The van der Waals surface area contributed by atoms with Crippen molar-refractivity contribution in [1.29, 1.82) is 0 Å². The number of amides is 2. The molecule has 0 radical (unpaired) electrons. The Hall–Kier alpha value is -1.84. The lowest BCUT2D eigenvalue weighted by atomic mass is 10.1. The van der Waals surface area contributed by atoms with Gasteiger partial charge in [0.05, 0.1) is 11.1 Å². The molecule has 3 rings (SSSR count). The van der Waals surface area contributed by atoms with E-state index in [1.54, 1.807) is 0 Å². The minimum Gasteiger partial charge on any atom is -0.372 e. The molecule has 1 aromatic rings. The normalized spacial score (nSPS) is 18.1. The Morgan fingerprint density at radius 3 is 2.45 bits per heavy atom. The summed E-state index contributed by atoms with van der Waals surface area (Å²) in [5.74, 6) is -0.258. The molecule has 4 nitrogen and oxygen atoms in total. The topological polar surface area (TPSA) is 40.6 Å². The summed E-state index contributed by atoms with van der Waals surface area (Å²) < 4.78 is 0. The van der Waals surface area contributed by atoms with E-state index in [0.717, 1.165) is 31.6 Å². The van der Waals surface area contributed by atoms with Crippen LogP contribution in [-0.2, 0) is 0 Å². The molecule has 0 N–H and O–H groups in total. The largest absolute Gasteiger partial charge is 0.372 e. The van der Waals surface area contributed by atoms with Gasteiger partial charge in [0.25, 0.3) is 11.8 Å². The van der Waals surface area contributed by atoms with Crippen LogP contribution in [0.5, 0.6) is 0 Å². The van der Waals surface area contributed by atoms with Gasteiger partial charge in [-0.05, 0) is 37.5 Å². The molecule has 0 saturated carbocycles. The van der Waals surface area contributed by atoms with Crippen molar-refractivity contribution in [3.05, 3.63) is 29.3 Å². The molecular formula is C16H20N2O2. The maximum atomic E-state index is 12.4. The van der Waals surface area contributed by atoms with E-state index in [2.05, 4.69) is 11.8 Å². The van der Waals surface area contributed by atoms with Crippen molar-refractivity contribution in [3.8, 4) is 0 Å². The molecule has 2 heterocycles. The molecule has 0 unspecified atom stereocenters. The van der Waals surface area contributed by atoms with Crippen LogP contribution >= 0.6 is 0 Å². The molecule has 1 fully saturated rings. The lowest BCUT2D eigenvalue weighted by molar-refractivity contribution is 0.0652. The van der Waals surface area contributed by atoms with Gasteiger partial charge in [-0.25, -0.2) is 0 Å². The maximum absolute atomic E-state index is 12.4. The molecule has 0 atom stereocenters. The Kier molecular flexibility index (Phi) is 3.47. The van der Waals surface area contributed by atoms with E-state index in [1.165, 1.54) is 17.7 Å². The number of unbranched alkanes of at least 4 members (excludes halogenated alkanes) is 1. The van der Waals surface area contributed by atoms with Crippen molar-refractivity contribution in [2.45, 2.75) is 32.6 Å². The van der Waals surface area contributed by atoms with Crippen molar-refractivity contribution >= 4 is 17.5 Å². The Balaban J connectivity index is 1.88. The molecule has 4 heteroatoms. The monoisotopic (exact) mass is 272 g/mol. The number of imide groups is 1. The van der Waals surface area contributed by atoms with Crippen LogP contribution < -0.4 is 4.90 Å². The van der Waals surface area contributed by atoms with Gasteiger partial charge in [0.1, 0.15) is 0 Å². The number of carbonyl (C=O) groups excluding carboxylic acids is 2. The fraction of sp³-hybridized carbons (Fsp3) is 0.500. The second-order valence-electron chi connectivity index (χ2n) is 5.54. The van der Waals surface area contributed by atoms with Crippen LogP contribution in [0.3, 0.4) is 0 Å². The average molecular weight is 272 g/mol. The predicted octanol–water partition coefficient (Wildman–Crippen LogP) is 2.68. The van der Waals surface area contributed by atoms with Crippen molar-refractivity contribution in [2.75, 3.05) is 24.5 Å². The standard InChI is InChI=1S/C16H20N2O2/c1-2-3-10-18-15(19)13-7-6-12(11-14(13)16(18)20)17-8-4-5-9-17/h6-7,11H,2-5,8-10H2,1H3. The fourth-order valence-corrected chi connectivity index (χ4v) is 2.97. The number of carbonyl (C=O) groups is 2. The highest BCUT2D eigenvalue weighted by Gasteiger charge is 2.35. The molecule has 20 heavy (non-hydrogen) atoms. The van der Waals surface area contributed by atoms with Gasteiger partial charge in [0, 0.05) is 25.3 Å². The smallest absolute Gasteiger partial charge is 0.261 e. The van der Waals surface area contributed by atoms with E-state index in [0.29, 0.717) is 17.7 Å². The number of fused-ring (bicyclic) bond motifs is 1. The van der Waals surface area contributed by atoms with E-state index >= 15 is 0 Å². The summed E-state index contributed by atoms with van der Waals surface area (Å²) in [6.45, 7) is 4.67. The highest BCUT2D eigenvalue weighted by Crippen LogP contribution is 2.29. The van der Waals surface area contributed by atoms with Crippen LogP contribution in [0.15, 0.2) is 18.2 Å². The van der Waals surface area contributed by atoms with E-state index in [1.807, 2.05) is 18.2 Å². The Labute approximate surface area is 119 Å². The number of anilines is 1. The number of hydrogen-bond acceptors (Lipinski definition) is 3. The third-order valence-electron chi connectivity index (χ3n) is 4.16. The first kappa shape index (κ1) is 13.2. The van der Waals surface area contributed by atoms with E-state index in [4.69, 9.17) is 0 Å². The van der Waals surface area contributed by atoms with E-state index < -0.39 is 0 Å². The molecule has 2 aliphatic rings. The zero-order chi connectivity index (χ0) is 14.1. The third kappa shape index (κ3) is 2.09. The second kappa shape index (κ2) is 5.27. The Morgan fingerprint density at radius 1 is 1.05 bits per heavy atom. The zero-order valence-electron chi connectivity index (χ0n) is 11.9. The van der Waals surface area contributed by atoms with E-state index in [-0.39, 0.29) is 11.8 Å². The van der Waals surface area contributed by atoms with Crippen molar-refractivity contribution in [1.82, 2.24) is 4.90 Å². The summed E-state index contributed by atoms with van der Waals surface area (Å²) in [5, 5.41) is 0. The van der Waals surface area contributed by atoms with Gasteiger partial charge in [-0.2, -0.15) is 0 Å². The minimum atomic E-state index is -0.133. The van der Waals surface area contributed by atoms with Gasteiger partial charge in [-0.15, -0.1) is 0 Å². The fourth-order valence-electron chi connectivity index (χ4n) is 2.97. The van der Waals surface area contributed by atoms with Crippen molar-refractivity contribution in [2.24, 2.45) is 0 Å². The van der Waals surface area contributed by atoms with Gasteiger partial charge in [-0.3, -0.25) is 14.5 Å². The van der Waals surface area contributed by atoms with Crippen molar-refractivity contribution < 1.29 is 9.59 Å². The number of rotatable bonds is 4. The van der Waals surface area contributed by atoms with Crippen LogP contribution in [0.2, 0.25) is 0 Å². The quantitative estimate of drug-likeness (QED) is 0.791. The summed E-state index contributed by atoms with van der Waals surface area (Å²) in [4.78, 5) is 28.3. The average Bonchev–Trinajstić information content (AvgIpc) is 3.07. The summed E-state index contributed by atoms with van der Waals surface area (Å²) in [5.41, 5.74) is 2.21. The third-order valence-corrected chi connectivity index (χ3v) is 4.16. The maximum Gasteiger partial charge on any atom is 0.261 e. The van der Waals surface area contributed by atoms with Crippen LogP contribution in [0, 0.1) is 0 Å². The number of nitrogens with zero attached hydrogens (tertiary/aromatic N) is 2. The number of hydrogen-bond donors (Lipinski definition) is 0. The van der Waals surface area contributed by atoms with E-state index in [9.17, 15) is 9.59 Å². The molecule has 0 spiro atoms. The molecule has 2 amide bonds. The van der Waals surface area contributed by atoms with Crippen LogP contribution in [0.1, 0.15) is 53.3 Å². The molecule has 106 valence electrons. The Bertz CT molecular complexity index is 547. The van der Waals surface area contributed by atoms with Crippen molar-refractivity contribution in [3.63, 3.8) is 0 Å². The van der Waals surface area contributed by atoms with Gasteiger partial charge in [0.15, 0.2) is 0 Å². The van der Waals surface area contributed by atoms with Crippen LogP contribution in [0.25, 0.3) is 0 Å².